The summed E-state index contributed by atoms with van der Waals surface area (Å²) in [4.78, 5) is 0. The van der Waals surface area contributed by atoms with E-state index >= 15 is 0 Å². The maximum absolute atomic E-state index is 6.12. The molecule has 21 heavy (non-hydrogen) atoms. The van der Waals surface area contributed by atoms with Crippen molar-refractivity contribution in [1.29, 1.82) is 0 Å². The molecule has 0 spiro atoms. The molecule has 110 valence electrons. The molecule has 0 N–H and O–H groups in total. The van der Waals surface area contributed by atoms with Crippen molar-refractivity contribution in [3.05, 3.63) is 59.7 Å². The minimum atomic E-state index is 0.0840. The number of ether oxygens (including phenoxy) is 2. The highest BCUT2D eigenvalue weighted by molar-refractivity contribution is 5.41. The molecule has 2 heteroatoms. The summed E-state index contributed by atoms with van der Waals surface area (Å²) in [6, 6.07) is 16.5. The minimum absolute atomic E-state index is 0.0840. The molecule has 0 radical (unpaired) electrons. The van der Waals surface area contributed by atoms with Gasteiger partial charge in [-0.15, -0.1) is 0 Å². The van der Waals surface area contributed by atoms with Gasteiger partial charge in [-0.05, 0) is 23.1 Å². The van der Waals surface area contributed by atoms with Crippen molar-refractivity contribution in [3.63, 3.8) is 0 Å². The van der Waals surface area contributed by atoms with Gasteiger partial charge < -0.3 is 9.47 Å². The lowest BCUT2D eigenvalue weighted by atomic mass is 9.86. The van der Waals surface area contributed by atoms with E-state index in [1.807, 2.05) is 18.2 Å². The molecule has 2 nitrogen and oxygen atoms in total. The zero-order valence-electron chi connectivity index (χ0n) is 12.9. The predicted molar refractivity (Wildman–Crippen MR) is 85.3 cm³/mol. The normalized spacial score (nSPS) is 17.2. The van der Waals surface area contributed by atoms with Gasteiger partial charge in [0.2, 0.25) is 0 Å². The molecule has 2 aromatic rings. The van der Waals surface area contributed by atoms with Gasteiger partial charge in [0.05, 0.1) is 19.1 Å². The number of hydrogen-bond donors (Lipinski definition) is 0. The summed E-state index contributed by atoms with van der Waals surface area (Å²) in [6.45, 7) is 8.00. The first-order valence-corrected chi connectivity index (χ1v) is 7.50. The molecule has 0 aliphatic carbocycles. The summed E-state index contributed by atoms with van der Waals surface area (Å²) in [6.07, 6.45) is 0. The van der Waals surface area contributed by atoms with Crippen LogP contribution in [-0.4, -0.2) is 13.2 Å². The van der Waals surface area contributed by atoms with Crippen LogP contribution in [0.5, 0.6) is 11.5 Å². The zero-order chi connectivity index (χ0) is 14.9. The van der Waals surface area contributed by atoms with E-state index in [1.54, 1.807) is 0 Å². The van der Waals surface area contributed by atoms with E-state index in [4.69, 9.17) is 9.47 Å². The fraction of sp³-hybridized carbons (Fsp3) is 0.368. The average Bonchev–Trinajstić information content (AvgIpc) is 2.88. The largest absolute Gasteiger partial charge is 0.493 e. The Morgan fingerprint density at radius 1 is 1.05 bits per heavy atom. The molecule has 1 atom stereocenters. The predicted octanol–water partition coefficient (Wildman–Crippen LogP) is 4.54. The van der Waals surface area contributed by atoms with Gasteiger partial charge in [-0.1, -0.05) is 57.2 Å². The summed E-state index contributed by atoms with van der Waals surface area (Å²) in [5.74, 6) is 2.29. The Morgan fingerprint density at radius 2 is 1.76 bits per heavy atom. The molecule has 0 saturated carbocycles. The second-order valence-corrected chi connectivity index (χ2v) is 6.60. The van der Waals surface area contributed by atoms with Crippen LogP contribution in [0.25, 0.3) is 0 Å². The third-order valence-electron chi connectivity index (χ3n) is 3.93. The minimum Gasteiger partial charge on any atom is -0.493 e. The molecule has 1 aliphatic heterocycles. The molecular formula is C19H22O2. The van der Waals surface area contributed by atoms with E-state index in [2.05, 4.69) is 51.1 Å². The fourth-order valence-electron chi connectivity index (χ4n) is 2.77. The zero-order valence-corrected chi connectivity index (χ0v) is 12.9. The Labute approximate surface area is 126 Å². The second-order valence-electron chi connectivity index (χ2n) is 6.60. The first-order chi connectivity index (χ1) is 10.1. The van der Waals surface area contributed by atoms with Gasteiger partial charge in [0.25, 0.3) is 0 Å². The van der Waals surface area contributed by atoms with Crippen molar-refractivity contribution < 1.29 is 9.47 Å². The van der Waals surface area contributed by atoms with Gasteiger partial charge in [0.1, 0.15) is 11.5 Å². The molecule has 0 fully saturated rings. The van der Waals surface area contributed by atoms with Gasteiger partial charge in [-0.2, -0.15) is 0 Å². The molecule has 1 aliphatic rings. The average molecular weight is 282 g/mol. The van der Waals surface area contributed by atoms with Crippen molar-refractivity contribution >= 4 is 0 Å². The molecule has 0 amide bonds. The molecule has 1 unspecified atom stereocenters. The number of hydrogen-bond acceptors (Lipinski definition) is 2. The van der Waals surface area contributed by atoms with Gasteiger partial charge in [0.15, 0.2) is 0 Å². The van der Waals surface area contributed by atoms with E-state index in [9.17, 15) is 0 Å². The molecule has 0 bridgehead atoms. The van der Waals surface area contributed by atoms with Crippen LogP contribution in [-0.2, 0) is 5.41 Å². The van der Waals surface area contributed by atoms with Crippen molar-refractivity contribution in [1.82, 2.24) is 0 Å². The van der Waals surface area contributed by atoms with Crippen LogP contribution < -0.4 is 9.47 Å². The van der Waals surface area contributed by atoms with Gasteiger partial charge in [-0.3, -0.25) is 0 Å². The Kier molecular flexibility index (Phi) is 3.62. The number of rotatable bonds is 3. The van der Waals surface area contributed by atoms with Gasteiger partial charge in [0, 0.05) is 5.56 Å². The Bertz CT molecular complexity index is 625. The van der Waals surface area contributed by atoms with Crippen LogP contribution in [0.15, 0.2) is 48.5 Å². The first-order valence-electron chi connectivity index (χ1n) is 7.50. The summed E-state index contributed by atoms with van der Waals surface area (Å²) in [5.41, 5.74) is 2.59. The SMILES string of the molecule is CC(C)(C)c1ccccc1OCC1COc2ccccc21. The molecular weight excluding hydrogens is 260 g/mol. The highest BCUT2D eigenvalue weighted by Gasteiger charge is 2.25. The maximum Gasteiger partial charge on any atom is 0.123 e. The van der Waals surface area contributed by atoms with E-state index in [0.717, 1.165) is 11.5 Å². The molecule has 3 rings (SSSR count). The van der Waals surface area contributed by atoms with E-state index in [1.165, 1.54) is 11.1 Å². The first kappa shape index (κ1) is 14.0. The molecule has 2 aromatic carbocycles. The lowest BCUT2D eigenvalue weighted by Gasteiger charge is -2.23. The number of benzene rings is 2. The van der Waals surface area contributed by atoms with Crippen LogP contribution in [0.1, 0.15) is 37.8 Å². The number of para-hydroxylation sites is 2. The van der Waals surface area contributed by atoms with E-state index in [-0.39, 0.29) is 5.41 Å². The quantitative estimate of drug-likeness (QED) is 0.823. The van der Waals surface area contributed by atoms with Crippen LogP contribution in [0, 0.1) is 0 Å². The Balaban J connectivity index is 1.75. The van der Waals surface area contributed by atoms with Gasteiger partial charge in [-0.25, -0.2) is 0 Å². The standard InChI is InChI=1S/C19H22O2/c1-19(2,3)16-9-5-7-11-18(16)21-13-14-12-20-17-10-6-4-8-15(14)17/h4-11,14H,12-13H2,1-3H3. The maximum atomic E-state index is 6.12. The van der Waals surface area contributed by atoms with Crippen LogP contribution >= 0.6 is 0 Å². The van der Waals surface area contributed by atoms with E-state index in [0.29, 0.717) is 19.1 Å². The van der Waals surface area contributed by atoms with Crippen LogP contribution in [0.3, 0.4) is 0 Å². The van der Waals surface area contributed by atoms with Crippen LogP contribution in [0.4, 0.5) is 0 Å². The Morgan fingerprint density at radius 3 is 2.57 bits per heavy atom. The fourth-order valence-corrected chi connectivity index (χ4v) is 2.77. The number of fused-ring (bicyclic) bond motifs is 1. The monoisotopic (exact) mass is 282 g/mol. The Hall–Kier alpha value is -1.96. The summed E-state index contributed by atoms with van der Waals surface area (Å²) < 4.78 is 11.8. The lowest BCUT2D eigenvalue weighted by molar-refractivity contribution is 0.244. The molecule has 0 saturated heterocycles. The lowest BCUT2D eigenvalue weighted by Crippen LogP contribution is -2.16. The summed E-state index contributed by atoms with van der Waals surface area (Å²) >= 11 is 0. The smallest absolute Gasteiger partial charge is 0.123 e. The highest BCUT2D eigenvalue weighted by Crippen LogP contribution is 2.35. The highest BCUT2D eigenvalue weighted by atomic mass is 16.5. The third-order valence-corrected chi connectivity index (χ3v) is 3.93. The second kappa shape index (κ2) is 5.44. The van der Waals surface area contributed by atoms with Crippen molar-refractivity contribution in [2.45, 2.75) is 32.1 Å². The van der Waals surface area contributed by atoms with Gasteiger partial charge >= 0.3 is 0 Å². The topological polar surface area (TPSA) is 18.5 Å². The van der Waals surface area contributed by atoms with Crippen molar-refractivity contribution in [2.24, 2.45) is 0 Å². The summed E-state index contributed by atoms with van der Waals surface area (Å²) in [5, 5.41) is 0. The summed E-state index contributed by atoms with van der Waals surface area (Å²) in [7, 11) is 0. The van der Waals surface area contributed by atoms with Crippen molar-refractivity contribution in [2.75, 3.05) is 13.2 Å². The van der Waals surface area contributed by atoms with Crippen molar-refractivity contribution in [3.8, 4) is 11.5 Å². The van der Waals surface area contributed by atoms with E-state index < -0.39 is 0 Å². The molecule has 1 heterocycles. The van der Waals surface area contributed by atoms with Crippen LogP contribution in [0.2, 0.25) is 0 Å². The third kappa shape index (κ3) is 2.90. The molecule has 0 aromatic heterocycles.